The Morgan fingerprint density at radius 2 is 2.25 bits per heavy atom. The zero-order valence-electron chi connectivity index (χ0n) is 16.2. The SMILES string of the molecule is C[C@@H](O)[C@H]1C(=O)N2C(C(=O)O)=C(S[C@@H]3CN[C@H](Cc4cncn4C)C3)[C@H](C)[C@H]12. The fourth-order valence-electron chi connectivity index (χ4n) is 4.72. The van der Waals surface area contributed by atoms with Gasteiger partial charge in [0.15, 0.2) is 0 Å². The number of fused-ring (bicyclic) bond motifs is 1. The van der Waals surface area contributed by atoms with Gasteiger partial charge >= 0.3 is 5.97 Å². The molecule has 8 nitrogen and oxygen atoms in total. The number of aliphatic hydroxyl groups is 1. The number of carbonyl (C=O) groups is 2. The highest BCUT2D eigenvalue weighted by Crippen LogP contribution is 2.51. The van der Waals surface area contributed by atoms with Gasteiger partial charge < -0.3 is 25.0 Å². The lowest BCUT2D eigenvalue weighted by molar-refractivity contribution is -0.163. The van der Waals surface area contributed by atoms with Crippen molar-refractivity contribution in [1.82, 2.24) is 19.8 Å². The minimum Gasteiger partial charge on any atom is -0.477 e. The molecule has 0 radical (unpaired) electrons. The van der Waals surface area contributed by atoms with Crippen LogP contribution in [0.15, 0.2) is 23.1 Å². The summed E-state index contributed by atoms with van der Waals surface area (Å²) in [5.41, 5.74) is 1.27. The van der Waals surface area contributed by atoms with Gasteiger partial charge in [0.05, 0.1) is 24.4 Å². The van der Waals surface area contributed by atoms with Gasteiger partial charge in [-0.05, 0) is 13.3 Å². The molecule has 6 atom stereocenters. The van der Waals surface area contributed by atoms with Crippen molar-refractivity contribution < 1.29 is 19.8 Å². The molecule has 3 N–H and O–H groups in total. The number of β-lactam (4-membered cyclic amide) rings is 1. The number of aliphatic hydroxyl groups excluding tert-OH is 1. The second-order valence-corrected chi connectivity index (χ2v) is 9.39. The number of thioether (sulfide) groups is 1. The molecule has 3 aliphatic rings. The van der Waals surface area contributed by atoms with Gasteiger partial charge in [-0.1, -0.05) is 6.92 Å². The van der Waals surface area contributed by atoms with Crippen molar-refractivity contribution in [3.05, 3.63) is 28.8 Å². The minimum absolute atomic E-state index is 0.0791. The average molecular weight is 407 g/mol. The first-order valence-corrected chi connectivity index (χ1v) is 10.5. The minimum atomic E-state index is -1.06. The van der Waals surface area contributed by atoms with E-state index in [0.29, 0.717) is 6.04 Å². The quantitative estimate of drug-likeness (QED) is 0.593. The van der Waals surface area contributed by atoms with Crippen LogP contribution in [0.4, 0.5) is 0 Å². The van der Waals surface area contributed by atoms with Crippen LogP contribution < -0.4 is 5.32 Å². The molecule has 4 heterocycles. The van der Waals surface area contributed by atoms with E-state index in [1.54, 1.807) is 25.0 Å². The number of hydrogen-bond acceptors (Lipinski definition) is 6. The summed E-state index contributed by atoms with van der Waals surface area (Å²) in [6, 6.07) is 0.0723. The third-order valence-corrected chi connectivity index (χ3v) is 7.67. The third kappa shape index (κ3) is 3.05. The first-order chi connectivity index (χ1) is 13.3. The number of imidazole rings is 1. The number of amides is 1. The number of carboxylic acids is 1. The zero-order valence-corrected chi connectivity index (χ0v) is 17.0. The molecule has 9 heteroatoms. The molecular formula is C19H26N4O4S. The summed E-state index contributed by atoms with van der Waals surface area (Å²) in [5, 5.41) is 23.5. The number of carbonyl (C=O) groups excluding carboxylic acids is 1. The molecule has 1 amide bonds. The van der Waals surface area contributed by atoms with Gasteiger partial charge in [-0.3, -0.25) is 4.79 Å². The van der Waals surface area contributed by atoms with Crippen LogP contribution in [-0.4, -0.2) is 66.5 Å². The van der Waals surface area contributed by atoms with Crippen LogP contribution in [0.25, 0.3) is 0 Å². The first kappa shape index (κ1) is 19.5. The van der Waals surface area contributed by atoms with Gasteiger partial charge in [0.2, 0.25) is 5.91 Å². The zero-order chi connectivity index (χ0) is 20.2. The smallest absolute Gasteiger partial charge is 0.353 e. The lowest BCUT2D eigenvalue weighted by atomic mass is 9.79. The third-order valence-electron chi connectivity index (χ3n) is 6.16. The van der Waals surface area contributed by atoms with Gasteiger partial charge in [0.1, 0.15) is 5.70 Å². The Bertz CT molecular complexity index is 836. The van der Waals surface area contributed by atoms with Gasteiger partial charge in [-0.25, -0.2) is 9.78 Å². The Kier molecular flexibility index (Phi) is 5.01. The molecule has 152 valence electrons. The van der Waals surface area contributed by atoms with E-state index in [4.69, 9.17) is 0 Å². The van der Waals surface area contributed by atoms with Gasteiger partial charge in [-0.15, -0.1) is 11.8 Å². The lowest BCUT2D eigenvalue weighted by Gasteiger charge is -2.46. The second kappa shape index (κ2) is 7.20. The van der Waals surface area contributed by atoms with Gasteiger partial charge in [0, 0.05) is 54.0 Å². The normalized spacial score (nSPS) is 33.2. The number of carboxylic acid groups (broad SMARTS) is 1. The monoisotopic (exact) mass is 406 g/mol. The van der Waals surface area contributed by atoms with Crippen LogP contribution in [0.3, 0.4) is 0 Å². The summed E-state index contributed by atoms with van der Waals surface area (Å²) in [7, 11) is 1.98. The Morgan fingerprint density at radius 1 is 1.50 bits per heavy atom. The summed E-state index contributed by atoms with van der Waals surface area (Å²) in [4.78, 5) is 30.6. The summed E-state index contributed by atoms with van der Waals surface area (Å²) in [6.45, 7) is 4.37. The number of aliphatic carboxylic acids is 1. The number of rotatable bonds is 6. The Morgan fingerprint density at radius 3 is 2.86 bits per heavy atom. The highest BCUT2D eigenvalue weighted by molar-refractivity contribution is 8.03. The maximum absolute atomic E-state index is 12.4. The summed E-state index contributed by atoms with van der Waals surface area (Å²) in [5.74, 6) is -1.93. The van der Waals surface area contributed by atoms with Crippen molar-refractivity contribution in [2.24, 2.45) is 18.9 Å². The van der Waals surface area contributed by atoms with E-state index in [9.17, 15) is 19.8 Å². The largest absolute Gasteiger partial charge is 0.477 e. The number of nitrogens with one attached hydrogen (secondary N) is 1. The van der Waals surface area contributed by atoms with E-state index in [0.717, 1.165) is 30.0 Å². The van der Waals surface area contributed by atoms with Crippen LogP contribution in [0.1, 0.15) is 26.0 Å². The second-order valence-electron chi connectivity index (χ2n) is 8.05. The standard InChI is InChI=1S/C19H26N4O4S/c1-9-15-14(10(2)24)18(25)23(15)16(19(26)27)17(9)28-13-5-11(21-7-13)4-12-6-20-8-22(12)3/h6,8-11,13-15,21,24H,4-5,7H2,1-3H3,(H,26,27)/t9-,10-,11-,13+,14-,15-/m1/s1. The molecule has 0 bridgehead atoms. The fraction of sp³-hybridized carbons (Fsp3) is 0.632. The van der Waals surface area contributed by atoms with E-state index in [-0.39, 0.29) is 28.8 Å². The maximum Gasteiger partial charge on any atom is 0.353 e. The van der Waals surface area contributed by atoms with E-state index >= 15 is 0 Å². The molecule has 0 saturated carbocycles. The molecule has 2 saturated heterocycles. The molecule has 0 aliphatic carbocycles. The maximum atomic E-state index is 12.4. The topological polar surface area (TPSA) is 108 Å². The molecule has 1 aromatic heterocycles. The van der Waals surface area contributed by atoms with Crippen molar-refractivity contribution in [2.75, 3.05) is 6.54 Å². The Balaban J connectivity index is 1.47. The van der Waals surface area contributed by atoms with Crippen LogP contribution in [-0.2, 0) is 23.1 Å². The molecule has 0 unspecified atom stereocenters. The van der Waals surface area contributed by atoms with Crippen molar-refractivity contribution in [3.63, 3.8) is 0 Å². The average Bonchev–Trinajstić information content (AvgIpc) is 3.28. The van der Waals surface area contributed by atoms with Gasteiger partial charge in [0.25, 0.3) is 0 Å². The van der Waals surface area contributed by atoms with Crippen molar-refractivity contribution in [1.29, 1.82) is 0 Å². The predicted octanol–water partition coefficient (Wildman–Crippen LogP) is 0.580. The van der Waals surface area contributed by atoms with E-state index in [2.05, 4.69) is 10.3 Å². The van der Waals surface area contributed by atoms with E-state index in [1.807, 2.05) is 24.7 Å². The molecule has 3 aliphatic heterocycles. The van der Waals surface area contributed by atoms with E-state index < -0.39 is 18.0 Å². The Hall–Kier alpha value is -1.84. The molecule has 0 aromatic carbocycles. The molecule has 1 aromatic rings. The highest BCUT2D eigenvalue weighted by Gasteiger charge is 2.60. The molecular weight excluding hydrogens is 380 g/mol. The van der Waals surface area contributed by atoms with Crippen molar-refractivity contribution >= 4 is 23.6 Å². The van der Waals surface area contributed by atoms with Crippen molar-refractivity contribution in [2.45, 2.75) is 50.1 Å². The summed E-state index contributed by atoms with van der Waals surface area (Å²) >= 11 is 1.58. The number of nitrogens with zero attached hydrogens (tertiary/aromatic N) is 3. The van der Waals surface area contributed by atoms with Crippen LogP contribution in [0.5, 0.6) is 0 Å². The van der Waals surface area contributed by atoms with Crippen LogP contribution in [0, 0.1) is 11.8 Å². The molecule has 4 rings (SSSR count). The molecule has 2 fully saturated rings. The van der Waals surface area contributed by atoms with Gasteiger partial charge in [-0.2, -0.15) is 0 Å². The fourth-order valence-corrected chi connectivity index (χ4v) is 6.24. The highest BCUT2D eigenvalue weighted by atomic mass is 32.2. The van der Waals surface area contributed by atoms with E-state index in [1.165, 1.54) is 4.90 Å². The lowest BCUT2D eigenvalue weighted by Crippen LogP contribution is -2.63. The Labute approximate surface area is 168 Å². The van der Waals surface area contributed by atoms with Crippen molar-refractivity contribution in [3.8, 4) is 0 Å². The summed E-state index contributed by atoms with van der Waals surface area (Å²) in [6.07, 6.45) is 4.70. The summed E-state index contributed by atoms with van der Waals surface area (Å²) < 4.78 is 2.01. The number of hydrogen-bond donors (Lipinski definition) is 3. The predicted molar refractivity (Wildman–Crippen MR) is 104 cm³/mol. The first-order valence-electron chi connectivity index (χ1n) is 9.63. The van der Waals surface area contributed by atoms with Crippen LogP contribution in [0.2, 0.25) is 0 Å². The molecule has 0 spiro atoms. The number of aryl methyl sites for hydroxylation is 1. The molecule has 28 heavy (non-hydrogen) atoms. The van der Waals surface area contributed by atoms with Crippen LogP contribution >= 0.6 is 11.8 Å². The number of aromatic nitrogens is 2.